The summed E-state index contributed by atoms with van der Waals surface area (Å²) in [6.45, 7) is 3.33. The van der Waals surface area contributed by atoms with Crippen LogP contribution in [-0.2, 0) is 4.79 Å². The summed E-state index contributed by atoms with van der Waals surface area (Å²) in [4.78, 5) is 29.8. The van der Waals surface area contributed by atoms with Crippen molar-refractivity contribution in [1.82, 2.24) is 9.80 Å². The first-order valence-electron chi connectivity index (χ1n) is 12.2. The minimum absolute atomic E-state index is 0.160. The van der Waals surface area contributed by atoms with Crippen molar-refractivity contribution in [2.45, 2.75) is 0 Å². The summed E-state index contributed by atoms with van der Waals surface area (Å²) in [6, 6.07) is 20.0. The molecule has 1 saturated heterocycles. The first-order chi connectivity index (χ1) is 18.4. The molecule has 2 amide bonds. The number of rotatable bonds is 9. The monoisotopic (exact) mass is 553 g/mol. The molecule has 0 atom stereocenters. The molecule has 1 aliphatic heterocycles. The van der Waals surface area contributed by atoms with Gasteiger partial charge in [0.15, 0.2) is 6.61 Å². The molecule has 0 bridgehead atoms. The molecule has 0 spiro atoms. The smallest absolute Gasteiger partial charge is 0.262 e. The van der Waals surface area contributed by atoms with Gasteiger partial charge in [-0.15, -0.1) is 0 Å². The van der Waals surface area contributed by atoms with Gasteiger partial charge in [0.2, 0.25) is 0 Å². The van der Waals surface area contributed by atoms with Gasteiger partial charge in [-0.3, -0.25) is 14.5 Å². The predicted molar refractivity (Wildman–Crippen MR) is 151 cm³/mol. The van der Waals surface area contributed by atoms with Gasteiger partial charge in [-0.05, 0) is 35.9 Å². The maximum Gasteiger partial charge on any atom is 0.262 e. The van der Waals surface area contributed by atoms with Gasteiger partial charge < -0.3 is 19.7 Å². The third-order valence-corrected chi connectivity index (χ3v) is 6.67. The van der Waals surface area contributed by atoms with Gasteiger partial charge in [0.1, 0.15) is 11.5 Å². The van der Waals surface area contributed by atoms with Crippen LogP contribution in [0.4, 0.5) is 5.69 Å². The maximum atomic E-state index is 13.3. The van der Waals surface area contributed by atoms with Crippen LogP contribution in [-0.4, -0.2) is 68.1 Å². The molecule has 1 fully saturated rings. The van der Waals surface area contributed by atoms with E-state index >= 15 is 0 Å². The van der Waals surface area contributed by atoms with Crippen LogP contribution in [0.5, 0.6) is 11.5 Å². The Hall–Kier alpha value is -3.52. The van der Waals surface area contributed by atoms with E-state index in [1.54, 1.807) is 35.2 Å². The topological polar surface area (TPSA) is 71.1 Å². The number of carbonyl (C=O) groups excluding carboxylic acids is 2. The van der Waals surface area contributed by atoms with E-state index in [1.165, 1.54) is 18.7 Å². The number of benzene rings is 3. The number of piperazine rings is 1. The number of nitrogens with zero attached hydrogens (tertiary/aromatic N) is 2. The highest BCUT2D eigenvalue weighted by Crippen LogP contribution is 2.32. The van der Waals surface area contributed by atoms with Crippen molar-refractivity contribution in [3.8, 4) is 11.5 Å². The normalized spacial score (nSPS) is 13.9. The molecule has 4 rings (SSSR count). The van der Waals surface area contributed by atoms with Gasteiger partial charge in [0.25, 0.3) is 11.8 Å². The molecule has 0 unspecified atom stereocenters. The second-order valence-electron chi connectivity index (χ2n) is 8.73. The number of halogens is 2. The van der Waals surface area contributed by atoms with Crippen molar-refractivity contribution in [1.29, 1.82) is 0 Å². The molecule has 0 aromatic heterocycles. The van der Waals surface area contributed by atoms with Crippen molar-refractivity contribution in [3.05, 3.63) is 94.0 Å². The van der Waals surface area contributed by atoms with E-state index < -0.39 is 5.91 Å². The third-order valence-electron chi connectivity index (χ3n) is 6.11. The number of anilines is 1. The van der Waals surface area contributed by atoms with Crippen molar-refractivity contribution in [2.24, 2.45) is 0 Å². The summed E-state index contributed by atoms with van der Waals surface area (Å²) >= 11 is 12.3. The highest BCUT2D eigenvalue weighted by Gasteiger charge is 2.25. The zero-order valence-electron chi connectivity index (χ0n) is 21.0. The molecule has 1 N–H and O–H groups in total. The van der Waals surface area contributed by atoms with Crippen LogP contribution in [0.2, 0.25) is 10.0 Å². The summed E-state index contributed by atoms with van der Waals surface area (Å²) in [5.74, 6) is 0.288. The molecule has 7 nitrogen and oxygen atoms in total. The van der Waals surface area contributed by atoms with Gasteiger partial charge >= 0.3 is 0 Å². The van der Waals surface area contributed by atoms with Gasteiger partial charge in [0.05, 0.1) is 23.4 Å². The number of nitrogens with one attached hydrogen (secondary N) is 1. The Morgan fingerprint density at radius 2 is 1.68 bits per heavy atom. The quantitative estimate of drug-likeness (QED) is 0.379. The van der Waals surface area contributed by atoms with Crippen molar-refractivity contribution < 1.29 is 19.1 Å². The van der Waals surface area contributed by atoms with Gasteiger partial charge in [-0.2, -0.15) is 0 Å². The van der Waals surface area contributed by atoms with Crippen LogP contribution in [0.3, 0.4) is 0 Å². The fourth-order valence-corrected chi connectivity index (χ4v) is 4.39. The summed E-state index contributed by atoms with van der Waals surface area (Å²) in [6.07, 6.45) is 4.25. The first-order valence-corrected chi connectivity index (χ1v) is 13.0. The van der Waals surface area contributed by atoms with E-state index in [2.05, 4.69) is 34.5 Å². The molecule has 0 aliphatic carbocycles. The van der Waals surface area contributed by atoms with Crippen LogP contribution in [0.1, 0.15) is 15.9 Å². The van der Waals surface area contributed by atoms with Crippen LogP contribution < -0.4 is 14.8 Å². The van der Waals surface area contributed by atoms with Gasteiger partial charge in [-0.25, -0.2) is 0 Å². The second-order valence-corrected chi connectivity index (χ2v) is 9.57. The van der Waals surface area contributed by atoms with E-state index in [0.717, 1.165) is 19.6 Å². The standard InChI is InChI=1S/C29H29Cl2N3O4/c1-37-27-19-26(32-28(35)20-38-23-11-9-22(30)10-12-23)25(31)18-24(27)29(36)34-16-14-33(15-17-34)13-5-8-21-6-3-2-4-7-21/h2-12,18-19H,13-17,20H2,1H3,(H,32,35)/b8-5+. The molecule has 198 valence electrons. The molecule has 3 aromatic carbocycles. The second kappa shape index (κ2) is 13.3. The molecule has 3 aromatic rings. The van der Waals surface area contributed by atoms with Crippen LogP contribution in [0.15, 0.2) is 72.8 Å². The Balaban J connectivity index is 1.32. The Bertz CT molecular complexity index is 1270. The summed E-state index contributed by atoms with van der Waals surface area (Å²) in [5.41, 5.74) is 1.85. The van der Waals surface area contributed by atoms with Crippen molar-refractivity contribution in [3.63, 3.8) is 0 Å². The summed E-state index contributed by atoms with van der Waals surface area (Å²) < 4.78 is 10.9. The van der Waals surface area contributed by atoms with Crippen molar-refractivity contribution in [2.75, 3.05) is 51.8 Å². The SMILES string of the molecule is COc1cc(NC(=O)COc2ccc(Cl)cc2)c(Cl)cc1C(=O)N1CCN(C/C=C/c2ccccc2)CC1. The van der Waals surface area contributed by atoms with Gasteiger partial charge in [-0.1, -0.05) is 65.7 Å². The maximum absolute atomic E-state index is 13.3. The molecule has 38 heavy (non-hydrogen) atoms. The summed E-state index contributed by atoms with van der Waals surface area (Å²) in [5, 5.41) is 3.52. The Morgan fingerprint density at radius 3 is 2.37 bits per heavy atom. The Kier molecular flexibility index (Phi) is 9.65. The summed E-state index contributed by atoms with van der Waals surface area (Å²) in [7, 11) is 1.48. The van der Waals surface area contributed by atoms with E-state index in [4.69, 9.17) is 32.7 Å². The number of ether oxygens (including phenoxy) is 2. The number of methoxy groups -OCH3 is 1. The van der Waals surface area contributed by atoms with E-state index in [-0.39, 0.29) is 17.5 Å². The molecule has 9 heteroatoms. The zero-order chi connectivity index (χ0) is 26.9. The minimum Gasteiger partial charge on any atom is -0.496 e. The molecule has 1 heterocycles. The fourth-order valence-electron chi connectivity index (χ4n) is 4.06. The fraction of sp³-hybridized carbons (Fsp3) is 0.241. The third kappa shape index (κ3) is 7.51. The lowest BCUT2D eigenvalue weighted by Crippen LogP contribution is -2.48. The van der Waals surface area contributed by atoms with Crippen LogP contribution in [0, 0.1) is 0 Å². The highest BCUT2D eigenvalue weighted by atomic mass is 35.5. The molecular weight excluding hydrogens is 525 g/mol. The Labute approximate surface area is 232 Å². The largest absolute Gasteiger partial charge is 0.496 e. The molecular formula is C29H29Cl2N3O4. The average molecular weight is 554 g/mol. The minimum atomic E-state index is -0.402. The molecule has 1 aliphatic rings. The van der Waals surface area contributed by atoms with Gasteiger partial charge in [0, 0.05) is 43.8 Å². The lowest BCUT2D eigenvalue weighted by molar-refractivity contribution is -0.118. The van der Waals surface area contributed by atoms with E-state index in [0.29, 0.717) is 40.9 Å². The van der Waals surface area contributed by atoms with E-state index in [9.17, 15) is 9.59 Å². The molecule has 0 radical (unpaired) electrons. The lowest BCUT2D eigenvalue weighted by Gasteiger charge is -2.34. The lowest BCUT2D eigenvalue weighted by atomic mass is 10.1. The van der Waals surface area contributed by atoms with Crippen LogP contribution in [0.25, 0.3) is 6.08 Å². The number of carbonyl (C=O) groups is 2. The molecule has 0 saturated carbocycles. The average Bonchev–Trinajstić information content (AvgIpc) is 2.94. The van der Waals surface area contributed by atoms with Crippen LogP contribution >= 0.6 is 23.2 Å². The first kappa shape index (κ1) is 27.5. The predicted octanol–water partition coefficient (Wildman–Crippen LogP) is 5.49. The Morgan fingerprint density at radius 1 is 0.974 bits per heavy atom. The number of amides is 2. The van der Waals surface area contributed by atoms with Crippen molar-refractivity contribution >= 4 is 46.8 Å². The highest BCUT2D eigenvalue weighted by molar-refractivity contribution is 6.34. The number of hydrogen-bond donors (Lipinski definition) is 1. The van der Waals surface area contributed by atoms with E-state index in [1.807, 2.05) is 18.2 Å². The number of hydrogen-bond acceptors (Lipinski definition) is 5. The zero-order valence-corrected chi connectivity index (χ0v) is 22.5.